The molecule has 92 valence electrons. The van der Waals surface area contributed by atoms with Gasteiger partial charge in [0.15, 0.2) is 0 Å². The fourth-order valence-electron chi connectivity index (χ4n) is 2.23. The molecule has 0 atom stereocenters. The molecule has 0 aliphatic rings. The van der Waals surface area contributed by atoms with E-state index in [0.29, 0.717) is 0 Å². The maximum absolute atomic E-state index is 6.00. The van der Waals surface area contributed by atoms with Crippen molar-refractivity contribution in [2.24, 2.45) is 0 Å². The first-order valence-corrected chi connectivity index (χ1v) is 6.35. The Bertz CT molecular complexity index is 670. The van der Waals surface area contributed by atoms with Crippen LogP contribution in [-0.4, -0.2) is 0 Å². The standard InChI is InChI=1S/C18H15N/c19-18-9-5-4-8-17(18)16-12-10-15(11-13-16)14-6-2-1-3-7-14/h1-13H,19H2. The molecule has 0 aliphatic heterocycles. The van der Waals surface area contributed by atoms with Crippen molar-refractivity contribution in [3.63, 3.8) is 0 Å². The Balaban J connectivity index is 1.98. The van der Waals surface area contributed by atoms with E-state index in [1.165, 1.54) is 11.1 Å². The second-order valence-corrected chi connectivity index (χ2v) is 4.53. The first-order chi connectivity index (χ1) is 9.34. The van der Waals surface area contributed by atoms with Gasteiger partial charge in [-0.15, -0.1) is 0 Å². The molecule has 3 rings (SSSR count). The Kier molecular flexibility index (Phi) is 3.03. The summed E-state index contributed by atoms with van der Waals surface area (Å²) in [6.07, 6.45) is 0. The molecule has 0 bridgehead atoms. The topological polar surface area (TPSA) is 26.0 Å². The summed E-state index contributed by atoms with van der Waals surface area (Å²) in [6.45, 7) is 0. The molecule has 3 aromatic carbocycles. The Hall–Kier alpha value is -2.54. The molecule has 3 aromatic rings. The van der Waals surface area contributed by atoms with Gasteiger partial charge in [0.05, 0.1) is 0 Å². The predicted molar refractivity (Wildman–Crippen MR) is 81.7 cm³/mol. The highest BCUT2D eigenvalue weighted by atomic mass is 14.6. The lowest BCUT2D eigenvalue weighted by molar-refractivity contribution is 1.58. The molecule has 0 spiro atoms. The van der Waals surface area contributed by atoms with Crippen LogP contribution < -0.4 is 5.73 Å². The van der Waals surface area contributed by atoms with E-state index in [-0.39, 0.29) is 0 Å². The number of rotatable bonds is 2. The minimum atomic E-state index is 0.815. The van der Waals surface area contributed by atoms with Crippen LogP contribution in [0.2, 0.25) is 0 Å². The smallest absolute Gasteiger partial charge is 0.0393 e. The van der Waals surface area contributed by atoms with Crippen LogP contribution in [-0.2, 0) is 0 Å². The fourth-order valence-corrected chi connectivity index (χ4v) is 2.23. The van der Waals surface area contributed by atoms with Crippen LogP contribution in [0.3, 0.4) is 0 Å². The second-order valence-electron chi connectivity index (χ2n) is 4.53. The van der Waals surface area contributed by atoms with Crippen molar-refractivity contribution in [2.45, 2.75) is 0 Å². The zero-order valence-electron chi connectivity index (χ0n) is 10.6. The van der Waals surface area contributed by atoms with Crippen LogP contribution in [0.4, 0.5) is 5.69 Å². The fraction of sp³-hybridized carbons (Fsp3) is 0. The van der Waals surface area contributed by atoms with Gasteiger partial charge in [-0.1, -0.05) is 72.8 Å². The van der Waals surface area contributed by atoms with Crippen molar-refractivity contribution in [3.05, 3.63) is 78.9 Å². The van der Waals surface area contributed by atoms with Crippen LogP contribution in [0.5, 0.6) is 0 Å². The number of nitrogen functional groups attached to an aromatic ring is 1. The Labute approximate surface area is 113 Å². The highest BCUT2D eigenvalue weighted by molar-refractivity contribution is 5.78. The lowest BCUT2D eigenvalue weighted by Crippen LogP contribution is -1.89. The van der Waals surface area contributed by atoms with Gasteiger partial charge in [0.1, 0.15) is 0 Å². The number of nitrogens with two attached hydrogens (primary N) is 1. The third kappa shape index (κ3) is 2.36. The number of anilines is 1. The van der Waals surface area contributed by atoms with Crippen molar-refractivity contribution in [1.29, 1.82) is 0 Å². The maximum atomic E-state index is 6.00. The van der Waals surface area contributed by atoms with Crippen molar-refractivity contribution in [3.8, 4) is 22.3 Å². The van der Waals surface area contributed by atoms with Crippen molar-refractivity contribution in [1.82, 2.24) is 0 Å². The average Bonchev–Trinajstić information content (AvgIpc) is 2.49. The molecule has 0 amide bonds. The summed E-state index contributed by atoms with van der Waals surface area (Å²) in [5, 5.41) is 0. The average molecular weight is 245 g/mol. The van der Waals surface area contributed by atoms with E-state index >= 15 is 0 Å². The zero-order valence-corrected chi connectivity index (χ0v) is 10.6. The van der Waals surface area contributed by atoms with Crippen LogP contribution in [0.25, 0.3) is 22.3 Å². The quantitative estimate of drug-likeness (QED) is 0.656. The summed E-state index contributed by atoms with van der Waals surface area (Å²) in [4.78, 5) is 0. The summed E-state index contributed by atoms with van der Waals surface area (Å²) < 4.78 is 0. The van der Waals surface area contributed by atoms with Crippen LogP contribution in [0, 0.1) is 0 Å². The first kappa shape index (κ1) is 11.5. The Morgan fingerprint density at radius 1 is 0.474 bits per heavy atom. The van der Waals surface area contributed by atoms with Gasteiger partial charge in [-0.25, -0.2) is 0 Å². The molecule has 0 radical (unpaired) electrons. The SMILES string of the molecule is Nc1ccccc1-c1ccc(-c2ccccc2)cc1. The highest BCUT2D eigenvalue weighted by Gasteiger charge is 2.02. The van der Waals surface area contributed by atoms with E-state index < -0.39 is 0 Å². The number of benzene rings is 3. The van der Waals surface area contributed by atoms with Gasteiger partial charge in [-0.2, -0.15) is 0 Å². The predicted octanol–water partition coefficient (Wildman–Crippen LogP) is 4.60. The molecule has 0 aliphatic carbocycles. The Morgan fingerprint density at radius 2 is 1.00 bits per heavy atom. The summed E-state index contributed by atoms with van der Waals surface area (Å²) in [6, 6.07) is 26.8. The van der Waals surface area contributed by atoms with Gasteiger partial charge in [0.2, 0.25) is 0 Å². The molecule has 0 fully saturated rings. The molecule has 0 aromatic heterocycles. The molecule has 1 nitrogen and oxygen atoms in total. The maximum Gasteiger partial charge on any atom is 0.0393 e. The molecular formula is C18H15N. The van der Waals surface area contributed by atoms with E-state index in [0.717, 1.165) is 16.8 Å². The van der Waals surface area contributed by atoms with Crippen LogP contribution in [0.1, 0.15) is 0 Å². The highest BCUT2D eigenvalue weighted by Crippen LogP contribution is 2.28. The third-order valence-corrected chi connectivity index (χ3v) is 3.26. The lowest BCUT2D eigenvalue weighted by Gasteiger charge is -2.07. The number of hydrogen-bond acceptors (Lipinski definition) is 1. The summed E-state index contributed by atoms with van der Waals surface area (Å²) in [7, 11) is 0. The molecule has 0 heterocycles. The van der Waals surface area contributed by atoms with E-state index in [9.17, 15) is 0 Å². The minimum absolute atomic E-state index is 0.815. The van der Waals surface area contributed by atoms with Gasteiger partial charge < -0.3 is 5.73 Å². The first-order valence-electron chi connectivity index (χ1n) is 6.35. The van der Waals surface area contributed by atoms with E-state index in [2.05, 4.69) is 48.5 Å². The largest absolute Gasteiger partial charge is 0.398 e. The second kappa shape index (κ2) is 4.99. The van der Waals surface area contributed by atoms with Gasteiger partial charge in [0, 0.05) is 11.3 Å². The van der Waals surface area contributed by atoms with Crippen molar-refractivity contribution < 1.29 is 0 Å². The van der Waals surface area contributed by atoms with Gasteiger partial charge in [0.25, 0.3) is 0 Å². The molecule has 0 saturated heterocycles. The van der Waals surface area contributed by atoms with E-state index in [4.69, 9.17) is 5.73 Å². The molecular weight excluding hydrogens is 230 g/mol. The molecule has 0 saturated carbocycles. The third-order valence-electron chi connectivity index (χ3n) is 3.26. The Morgan fingerprint density at radius 3 is 1.68 bits per heavy atom. The molecule has 1 heteroatoms. The van der Waals surface area contributed by atoms with Crippen LogP contribution >= 0.6 is 0 Å². The van der Waals surface area contributed by atoms with E-state index in [1.54, 1.807) is 0 Å². The summed E-state index contributed by atoms with van der Waals surface area (Å²) in [5.41, 5.74) is 11.5. The summed E-state index contributed by atoms with van der Waals surface area (Å²) >= 11 is 0. The number of para-hydroxylation sites is 1. The van der Waals surface area contributed by atoms with Gasteiger partial charge in [-0.3, -0.25) is 0 Å². The minimum Gasteiger partial charge on any atom is -0.398 e. The van der Waals surface area contributed by atoms with Gasteiger partial charge in [-0.05, 0) is 22.8 Å². The summed E-state index contributed by atoms with van der Waals surface area (Å²) in [5.74, 6) is 0. The monoisotopic (exact) mass is 245 g/mol. The number of hydrogen-bond donors (Lipinski definition) is 1. The van der Waals surface area contributed by atoms with Crippen LogP contribution in [0.15, 0.2) is 78.9 Å². The van der Waals surface area contributed by atoms with Crippen molar-refractivity contribution >= 4 is 5.69 Å². The van der Waals surface area contributed by atoms with E-state index in [1.807, 2.05) is 30.3 Å². The van der Waals surface area contributed by atoms with Gasteiger partial charge >= 0.3 is 0 Å². The molecule has 2 N–H and O–H groups in total. The zero-order chi connectivity index (χ0) is 13.1. The molecule has 19 heavy (non-hydrogen) atoms. The molecule has 0 unspecified atom stereocenters. The lowest BCUT2D eigenvalue weighted by atomic mass is 9.99. The normalized spacial score (nSPS) is 10.3. The van der Waals surface area contributed by atoms with Crippen molar-refractivity contribution in [2.75, 3.05) is 5.73 Å².